The van der Waals surface area contributed by atoms with Crippen molar-refractivity contribution in [3.63, 3.8) is 0 Å². The van der Waals surface area contributed by atoms with Crippen LogP contribution in [0.4, 0.5) is 0 Å². The molecular weight excluding hydrogens is 320 g/mol. The number of benzene rings is 1. The summed E-state index contributed by atoms with van der Waals surface area (Å²) in [6.07, 6.45) is 12.2. The minimum absolute atomic E-state index is 0.259. The number of hydrogen-bond donors (Lipinski definition) is 0. The van der Waals surface area contributed by atoms with Crippen molar-refractivity contribution in [3.8, 4) is 0 Å². The van der Waals surface area contributed by atoms with Gasteiger partial charge in [-0.2, -0.15) is 0 Å². The minimum atomic E-state index is 0.259. The van der Waals surface area contributed by atoms with Crippen molar-refractivity contribution in [3.05, 3.63) is 59.4 Å². The average Bonchev–Trinajstić information content (AvgIpc) is 2.68. The Morgan fingerprint density at radius 1 is 1.08 bits per heavy atom. The van der Waals surface area contributed by atoms with Crippen LogP contribution in [0.5, 0.6) is 0 Å². The van der Waals surface area contributed by atoms with Crippen LogP contribution in [0.15, 0.2) is 53.8 Å². The van der Waals surface area contributed by atoms with Gasteiger partial charge < -0.3 is 9.47 Å². The Bertz CT molecular complexity index is 660. The number of rotatable bonds is 3. The summed E-state index contributed by atoms with van der Waals surface area (Å²) in [6.45, 7) is 3.35. The van der Waals surface area contributed by atoms with Crippen molar-refractivity contribution in [1.82, 2.24) is 0 Å². The van der Waals surface area contributed by atoms with Crippen molar-refractivity contribution in [2.24, 2.45) is 17.8 Å². The van der Waals surface area contributed by atoms with Crippen molar-refractivity contribution in [2.45, 2.75) is 57.5 Å². The van der Waals surface area contributed by atoms with Gasteiger partial charge in [0, 0.05) is 5.57 Å². The molecule has 2 fully saturated rings. The summed E-state index contributed by atoms with van der Waals surface area (Å²) in [7, 11) is 1.80. The van der Waals surface area contributed by atoms with E-state index in [-0.39, 0.29) is 6.10 Å². The third-order valence-electron chi connectivity index (χ3n) is 6.98. The Labute approximate surface area is 158 Å². The Hall–Kier alpha value is -1.54. The molecule has 1 aromatic carbocycles. The highest BCUT2D eigenvalue weighted by molar-refractivity contribution is 5.32. The summed E-state index contributed by atoms with van der Waals surface area (Å²) in [5, 5.41) is 0. The van der Waals surface area contributed by atoms with Gasteiger partial charge in [-0.15, -0.1) is 0 Å². The largest absolute Gasteiger partial charge is 0.497 e. The van der Waals surface area contributed by atoms with Crippen molar-refractivity contribution >= 4 is 0 Å². The normalized spacial score (nSPS) is 32.8. The first-order valence-corrected chi connectivity index (χ1v) is 10.4. The predicted octanol–water partition coefficient (Wildman–Crippen LogP) is 5.86. The molecule has 2 heteroatoms. The topological polar surface area (TPSA) is 18.5 Å². The molecule has 0 aromatic heterocycles. The molecule has 5 atom stereocenters. The summed E-state index contributed by atoms with van der Waals surface area (Å²) < 4.78 is 12.0. The summed E-state index contributed by atoms with van der Waals surface area (Å²) in [5.41, 5.74) is 2.96. The molecule has 0 N–H and O–H groups in total. The molecule has 26 heavy (non-hydrogen) atoms. The lowest BCUT2D eigenvalue weighted by molar-refractivity contribution is -0.0178. The van der Waals surface area contributed by atoms with E-state index in [4.69, 9.17) is 9.47 Å². The third-order valence-corrected chi connectivity index (χ3v) is 6.98. The first-order valence-electron chi connectivity index (χ1n) is 10.4. The lowest BCUT2D eigenvalue weighted by Gasteiger charge is -2.43. The van der Waals surface area contributed by atoms with Crippen LogP contribution in [0.3, 0.4) is 0 Å². The van der Waals surface area contributed by atoms with E-state index in [0.29, 0.717) is 17.8 Å². The second-order valence-corrected chi connectivity index (χ2v) is 8.32. The molecule has 0 bridgehead atoms. The van der Waals surface area contributed by atoms with Crippen molar-refractivity contribution in [2.75, 3.05) is 13.7 Å². The zero-order valence-corrected chi connectivity index (χ0v) is 16.2. The first kappa shape index (κ1) is 17.9. The highest BCUT2D eigenvalue weighted by atomic mass is 16.5. The molecule has 0 spiro atoms. The van der Waals surface area contributed by atoms with E-state index in [1.807, 2.05) is 0 Å². The van der Waals surface area contributed by atoms with Crippen LogP contribution >= 0.6 is 0 Å². The van der Waals surface area contributed by atoms with Gasteiger partial charge in [0.1, 0.15) is 5.76 Å². The molecule has 0 amide bonds. The second-order valence-electron chi connectivity index (χ2n) is 8.32. The molecule has 3 aliphatic rings. The molecule has 4 rings (SSSR count). The SMILES string of the molecule is COC1=C2C(CC=C1)OC[C@@H]1CCC([C@H](C)c3ccccc3)CCC[C@@H]21. The zero-order valence-electron chi connectivity index (χ0n) is 16.2. The smallest absolute Gasteiger partial charge is 0.120 e. The Morgan fingerprint density at radius 2 is 1.92 bits per heavy atom. The molecule has 1 saturated carbocycles. The first-order chi connectivity index (χ1) is 12.8. The molecule has 2 unspecified atom stereocenters. The van der Waals surface area contributed by atoms with E-state index >= 15 is 0 Å². The number of hydrogen-bond acceptors (Lipinski definition) is 2. The maximum absolute atomic E-state index is 6.27. The highest BCUT2D eigenvalue weighted by Gasteiger charge is 2.39. The van der Waals surface area contributed by atoms with Gasteiger partial charge >= 0.3 is 0 Å². The van der Waals surface area contributed by atoms with Gasteiger partial charge in [0.05, 0.1) is 19.8 Å². The molecule has 140 valence electrons. The molecule has 2 nitrogen and oxygen atoms in total. The van der Waals surface area contributed by atoms with Crippen LogP contribution in [0.25, 0.3) is 0 Å². The molecule has 1 heterocycles. The van der Waals surface area contributed by atoms with Crippen LogP contribution in [-0.2, 0) is 9.47 Å². The summed E-state index contributed by atoms with van der Waals surface area (Å²) in [5.74, 6) is 3.82. The lowest BCUT2D eigenvalue weighted by atomic mass is 9.69. The number of fused-ring (bicyclic) bond motifs is 3. The van der Waals surface area contributed by atoms with E-state index in [1.165, 1.54) is 43.2 Å². The Balaban J connectivity index is 1.49. The molecule has 1 aromatic rings. The minimum Gasteiger partial charge on any atom is -0.497 e. The standard InChI is InChI=1S/C24H32O2/c1-17(18-8-4-3-5-9-18)19-10-6-11-21-20(15-14-19)16-26-23-13-7-12-22(25-2)24(21)23/h3-5,7-9,12,17,19-21,23H,6,10-11,13-16H2,1-2H3/t17-,19?,20+,21-,23?/m1/s1. The van der Waals surface area contributed by atoms with E-state index in [9.17, 15) is 0 Å². The van der Waals surface area contributed by atoms with Crippen LogP contribution < -0.4 is 0 Å². The quantitative estimate of drug-likeness (QED) is 0.678. The van der Waals surface area contributed by atoms with Crippen molar-refractivity contribution < 1.29 is 9.47 Å². The van der Waals surface area contributed by atoms with Gasteiger partial charge in [0.25, 0.3) is 0 Å². The summed E-state index contributed by atoms with van der Waals surface area (Å²) in [4.78, 5) is 0. The van der Waals surface area contributed by atoms with Crippen LogP contribution in [0, 0.1) is 17.8 Å². The average molecular weight is 353 g/mol. The van der Waals surface area contributed by atoms with E-state index < -0.39 is 0 Å². The summed E-state index contributed by atoms with van der Waals surface area (Å²) in [6, 6.07) is 11.1. The maximum Gasteiger partial charge on any atom is 0.120 e. The second kappa shape index (κ2) is 8.00. The van der Waals surface area contributed by atoms with Gasteiger partial charge in [-0.1, -0.05) is 49.8 Å². The van der Waals surface area contributed by atoms with Gasteiger partial charge in [0.2, 0.25) is 0 Å². The highest BCUT2D eigenvalue weighted by Crippen LogP contribution is 2.45. The molecule has 2 aliphatic carbocycles. The van der Waals surface area contributed by atoms with Crippen LogP contribution in [-0.4, -0.2) is 19.8 Å². The molecule has 0 radical (unpaired) electrons. The fraction of sp³-hybridized carbons (Fsp3) is 0.583. The Morgan fingerprint density at radius 3 is 2.73 bits per heavy atom. The summed E-state index contributed by atoms with van der Waals surface area (Å²) >= 11 is 0. The Kier molecular flexibility index (Phi) is 5.49. The van der Waals surface area contributed by atoms with Gasteiger partial charge in [-0.05, 0) is 67.4 Å². The number of allylic oxidation sites excluding steroid dienone is 1. The monoisotopic (exact) mass is 352 g/mol. The molecular formula is C24H32O2. The van der Waals surface area contributed by atoms with Crippen molar-refractivity contribution in [1.29, 1.82) is 0 Å². The van der Waals surface area contributed by atoms with Crippen LogP contribution in [0.2, 0.25) is 0 Å². The van der Waals surface area contributed by atoms with Gasteiger partial charge in [0.15, 0.2) is 0 Å². The number of ether oxygens (including phenoxy) is 2. The molecule has 1 saturated heterocycles. The predicted molar refractivity (Wildman–Crippen MR) is 106 cm³/mol. The van der Waals surface area contributed by atoms with E-state index in [2.05, 4.69) is 49.4 Å². The zero-order chi connectivity index (χ0) is 17.9. The van der Waals surface area contributed by atoms with Crippen LogP contribution in [0.1, 0.15) is 56.9 Å². The fourth-order valence-electron chi connectivity index (χ4n) is 5.43. The van der Waals surface area contributed by atoms with E-state index in [0.717, 1.165) is 24.7 Å². The van der Waals surface area contributed by atoms with E-state index in [1.54, 1.807) is 7.11 Å². The lowest BCUT2D eigenvalue weighted by Crippen LogP contribution is -2.39. The molecule has 1 aliphatic heterocycles. The maximum atomic E-state index is 6.27. The van der Waals surface area contributed by atoms with Gasteiger partial charge in [-0.25, -0.2) is 0 Å². The fourth-order valence-corrected chi connectivity index (χ4v) is 5.43. The van der Waals surface area contributed by atoms with Gasteiger partial charge in [-0.3, -0.25) is 0 Å². The number of methoxy groups -OCH3 is 1. The third kappa shape index (κ3) is 3.49.